The van der Waals surface area contributed by atoms with Crippen LogP contribution in [0.3, 0.4) is 0 Å². The molecule has 0 fully saturated rings. The lowest BCUT2D eigenvalue weighted by atomic mass is 10.0. The Morgan fingerprint density at radius 2 is 0.781 bits per heavy atom. The summed E-state index contributed by atoms with van der Waals surface area (Å²) < 4.78 is 157. The molecule has 0 bridgehead atoms. The van der Waals surface area contributed by atoms with E-state index >= 15 is 0 Å². The van der Waals surface area contributed by atoms with E-state index in [1.165, 1.54) is 28.1 Å². The Morgan fingerprint density at radius 1 is 0.469 bits per heavy atom. The first-order chi connectivity index (χ1) is 29.5. The molecular formula is C35H44F12N8O9. The molecule has 4 atom stereocenters. The number of rotatable bonds is 25. The number of carbonyl (C=O) groups is 8. The van der Waals surface area contributed by atoms with Gasteiger partial charge in [0.2, 0.25) is 17.7 Å². The summed E-state index contributed by atoms with van der Waals surface area (Å²) in [6.07, 6.45) is -25.1. The van der Waals surface area contributed by atoms with E-state index in [4.69, 9.17) is 10.5 Å². The summed E-state index contributed by atoms with van der Waals surface area (Å²) in [5.74, 6) is -14.4. The number of nitrogens with two attached hydrogens (primary N) is 1. The zero-order valence-corrected chi connectivity index (χ0v) is 33.2. The third-order valence-electron chi connectivity index (χ3n) is 8.30. The van der Waals surface area contributed by atoms with Crippen molar-refractivity contribution < 1.29 is 95.8 Å². The fourth-order valence-electron chi connectivity index (χ4n) is 5.02. The summed E-state index contributed by atoms with van der Waals surface area (Å²) in [7, 11) is 0. The zero-order chi connectivity index (χ0) is 48.9. The van der Waals surface area contributed by atoms with Crippen LogP contribution in [-0.2, 0) is 49.7 Å². The molecule has 7 amide bonds. The molecule has 0 aliphatic carbocycles. The minimum Gasteiger partial charge on any atom is -0.459 e. The SMILES string of the molecule is NC(CCCNC(=O)C(F)(F)F)C(=O)NC(CCCNC(=O)C(F)(F)F)C(=O)NC(CCCNC(=O)C(F)(F)F)C(=O)NC(CCCNC(=O)C(F)(F)F)C(=O)OCc1ccccc1. The van der Waals surface area contributed by atoms with Crippen molar-refractivity contribution in [1.29, 1.82) is 0 Å². The van der Waals surface area contributed by atoms with Gasteiger partial charge in [-0.25, -0.2) is 4.79 Å². The lowest BCUT2D eigenvalue weighted by Gasteiger charge is -2.26. The van der Waals surface area contributed by atoms with Crippen LogP contribution in [0.4, 0.5) is 52.7 Å². The van der Waals surface area contributed by atoms with Crippen molar-refractivity contribution in [1.82, 2.24) is 37.2 Å². The van der Waals surface area contributed by atoms with E-state index in [0.717, 1.165) is 0 Å². The predicted molar refractivity (Wildman–Crippen MR) is 193 cm³/mol. The van der Waals surface area contributed by atoms with Gasteiger partial charge in [-0.05, 0) is 56.9 Å². The molecule has 9 N–H and O–H groups in total. The van der Waals surface area contributed by atoms with Crippen LogP contribution in [0.25, 0.3) is 0 Å². The quantitative estimate of drug-likeness (QED) is 0.0397. The average Bonchev–Trinajstić information content (AvgIpc) is 3.19. The highest BCUT2D eigenvalue weighted by Crippen LogP contribution is 2.17. The number of amides is 7. The molecule has 0 aromatic heterocycles. The summed E-state index contributed by atoms with van der Waals surface area (Å²) in [6, 6.07) is 0.718. The first-order valence-corrected chi connectivity index (χ1v) is 18.8. The maximum absolute atomic E-state index is 13.7. The summed E-state index contributed by atoms with van der Waals surface area (Å²) in [6.45, 7) is -3.25. The van der Waals surface area contributed by atoms with Gasteiger partial charge in [-0.3, -0.25) is 33.6 Å². The molecule has 0 saturated heterocycles. The molecule has 0 aliphatic rings. The number of hydrogen-bond acceptors (Lipinski definition) is 10. The van der Waals surface area contributed by atoms with Gasteiger partial charge in [0.1, 0.15) is 24.7 Å². The fraction of sp³-hybridized carbons (Fsp3) is 0.600. The van der Waals surface area contributed by atoms with Crippen molar-refractivity contribution in [2.24, 2.45) is 5.73 Å². The van der Waals surface area contributed by atoms with E-state index in [1.807, 2.05) is 0 Å². The molecule has 1 aromatic carbocycles. The standard InChI is InChI=1S/C35H44F12N8O9/c36-32(37,38)28(60)49-14-4-10-20(48)24(56)53-21(11-5-15-50-29(61)33(39,40)41)25(57)54-22(12-6-16-51-30(62)34(42,43)44)26(58)55-23(13-7-17-52-31(63)35(45,46)47)27(59)64-18-19-8-2-1-3-9-19/h1-3,8-9,20-23H,4-7,10-18,48H2,(H,49,60)(H,50,61)(H,51,62)(H,52,63)(H,53,56)(H,54,57)(H,55,58). The maximum atomic E-state index is 13.7. The molecule has 0 heterocycles. The van der Waals surface area contributed by atoms with E-state index in [-0.39, 0.29) is 6.42 Å². The van der Waals surface area contributed by atoms with E-state index in [1.54, 1.807) is 23.5 Å². The molecule has 0 radical (unpaired) electrons. The molecule has 362 valence electrons. The second-order valence-electron chi connectivity index (χ2n) is 13.5. The average molecular weight is 949 g/mol. The van der Waals surface area contributed by atoms with Crippen LogP contribution in [0.2, 0.25) is 0 Å². The van der Waals surface area contributed by atoms with Crippen molar-refractivity contribution in [3.63, 3.8) is 0 Å². The maximum Gasteiger partial charge on any atom is 0.471 e. The number of esters is 1. The van der Waals surface area contributed by atoms with Crippen LogP contribution in [0.15, 0.2) is 30.3 Å². The van der Waals surface area contributed by atoms with Crippen molar-refractivity contribution in [2.45, 2.75) is 107 Å². The summed E-state index contributed by atoms with van der Waals surface area (Å²) in [5, 5.41) is 12.5. The number of benzene rings is 1. The third-order valence-corrected chi connectivity index (χ3v) is 8.30. The number of alkyl halides is 12. The highest BCUT2D eigenvalue weighted by Gasteiger charge is 2.41. The normalized spacial score (nSPS) is 13.8. The van der Waals surface area contributed by atoms with Crippen LogP contribution in [-0.4, -0.2) is 122 Å². The molecular weight excluding hydrogens is 904 g/mol. The smallest absolute Gasteiger partial charge is 0.459 e. The van der Waals surface area contributed by atoms with Crippen LogP contribution >= 0.6 is 0 Å². The van der Waals surface area contributed by atoms with Gasteiger partial charge in [-0.2, -0.15) is 52.7 Å². The molecule has 64 heavy (non-hydrogen) atoms. The number of halogens is 12. The summed E-state index contributed by atoms with van der Waals surface area (Å²) in [4.78, 5) is 98.3. The van der Waals surface area contributed by atoms with Crippen LogP contribution in [0.1, 0.15) is 56.9 Å². The largest absolute Gasteiger partial charge is 0.471 e. The van der Waals surface area contributed by atoms with Gasteiger partial charge in [0.15, 0.2) is 0 Å². The highest BCUT2D eigenvalue weighted by atomic mass is 19.4. The predicted octanol–water partition coefficient (Wildman–Crippen LogP) is 1.35. The van der Waals surface area contributed by atoms with Gasteiger partial charge in [-0.15, -0.1) is 0 Å². The lowest BCUT2D eigenvalue weighted by Crippen LogP contribution is -2.57. The van der Waals surface area contributed by atoms with Gasteiger partial charge in [0.25, 0.3) is 0 Å². The van der Waals surface area contributed by atoms with E-state index in [2.05, 4.69) is 16.0 Å². The lowest BCUT2D eigenvalue weighted by molar-refractivity contribution is -0.173. The molecule has 17 nitrogen and oxygen atoms in total. The van der Waals surface area contributed by atoms with Crippen molar-refractivity contribution in [3.05, 3.63) is 35.9 Å². The van der Waals surface area contributed by atoms with E-state index in [0.29, 0.717) is 5.56 Å². The van der Waals surface area contributed by atoms with E-state index < -0.39 is 174 Å². The van der Waals surface area contributed by atoms with Crippen molar-refractivity contribution >= 4 is 47.3 Å². The summed E-state index contributed by atoms with van der Waals surface area (Å²) >= 11 is 0. The third kappa shape index (κ3) is 22.5. The second-order valence-corrected chi connectivity index (χ2v) is 13.5. The zero-order valence-electron chi connectivity index (χ0n) is 33.2. The monoisotopic (exact) mass is 948 g/mol. The van der Waals surface area contributed by atoms with Crippen LogP contribution in [0.5, 0.6) is 0 Å². The number of nitrogens with one attached hydrogen (secondary N) is 7. The van der Waals surface area contributed by atoms with Gasteiger partial charge in [-0.1, -0.05) is 30.3 Å². The first-order valence-electron chi connectivity index (χ1n) is 18.8. The molecule has 4 unspecified atom stereocenters. The van der Waals surface area contributed by atoms with Crippen molar-refractivity contribution in [2.75, 3.05) is 26.2 Å². The topological polar surface area (TPSA) is 256 Å². The minimum atomic E-state index is -5.33. The molecule has 0 aliphatic heterocycles. The number of carbonyl (C=O) groups excluding carboxylic acids is 8. The Hall–Kier alpha value is -5.90. The Morgan fingerprint density at radius 3 is 1.14 bits per heavy atom. The van der Waals surface area contributed by atoms with Crippen LogP contribution < -0.4 is 43.0 Å². The van der Waals surface area contributed by atoms with Crippen molar-refractivity contribution in [3.8, 4) is 0 Å². The Labute approximate surface area is 355 Å². The van der Waals surface area contributed by atoms with Gasteiger partial charge < -0.3 is 47.7 Å². The number of ether oxygens (including phenoxy) is 1. The molecule has 0 saturated carbocycles. The Kier molecular flexibility index (Phi) is 22.8. The number of hydrogen-bond donors (Lipinski definition) is 8. The van der Waals surface area contributed by atoms with E-state index in [9.17, 15) is 91.0 Å². The molecule has 1 rings (SSSR count). The minimum absolute atomic E-state index is 0.326. The highest BCUT2D eigenvalue weighted by molar-refractivity contribution is 5.94. The second kappa shape index (κ2) is 26.0. The molecule has 1 aromatic rings. The molecule has 0 spiro atoms. The fourth-order valence-corrected chi connectivity index (χ4v) is 5.02. The Bertz CT molecular complexity index is 1730. The van der Waals surface area contributed by atoms with Gasteiger partial charge >= 0.3 is 54.3 Å². The van der Waals surface area contributed by atoms with Gasteiger partial charge in [0, 0.05) is 26.2 Å². The van der Waals surface area contributed by atoms with Gasteiger partial charge in [0.05, 0.1) is 6.04 Å². The van der Waals surface area contributed by atoms with Crippen LogP contribution in [0, 0.1) is 0 Å². The Balaban J connectivity index is 3.37. The molecule has 29 heteroatoms. The summed E-state index contributed by atoms with van der Waals surface area (Å²) in [5.41, 5.74) is 6.20. The first kappa shape index (κ1) is 56.1.